The second kappa shape index (κ2) is 8.23. The smallest absolute Gasteiger partial charge is 0.406 e. The highest BCUT2D eigenvalue weighted by Crippen LogP contribution is 2.27. The van der Waals surface area contributed by atoms with Crippen LogP contribution in [0.3, 0.4) is 0 Å². The number of rotatable bonds is 5. The van der Waals surface area contributed by atoms with Crippen LogP contribution in [-0.2, 0) is 5.75 Å². The zero-order chi connectivity index (χ0) is 21.1. The van der Waals surface area contributed by atoms with Gasteiger partial charge in [0.2, 0.25) is 0 Å². The van der Waals surface area contributed by atoms with Crippen LogP contribution >= 0.6 is 11.8 Å². The van der Waals surface area contributed by atoms with E-state index in [1.807, 2.05) is 36.4 Å². The molecule has 4 aromatic rings. The maximum atomic E-state index is 13.1. The number of nitrogens with zero attached hydrogens (tertiary/aromatic N) is 2. The molecule has 0 saturated heterocycles. The summed E-state index contributed by atoms with van der Waals surface area (Å²) in [6.07, 6.45) is -4.73. The summed E-state index contributed by atoms with van der Waals surface area (Å²) >= 11 is 1.33. The number of ether oxygens (including phenoxy) is 1. The van der Waals surface area contributed by atoms with Crippen molar-refractivity contribution in [3.8, 4) is 11.4 Å². The first-order valence-electron chi connectivity index (χ1n) is 8.95. The molecule has 0 unspecified atom stereocenters. The Morgan fingerprint density at radius 2 is 1.57 bits per heavy atom. The van der Waals surface area contributed by atoms with Gasteiger partial charge in [0.05, 0.1) is 16.6 Å². The molecular weight excluding hydrogens is 413 g/mol. The van der Waals surface area contributed by atoms with Gasteiger partial charge in [-0.2, -0.15) is 0 Å². The van der Waals surface area contributed by atoms with Crippen LogP contribution in [0.25, 0.3) is 16.6 Å². The molecule has 0 aliphatic rings. The van der Waals surface area contributed by atoms with Crippen LogP contribution in [-0.4, -0.2) is 15.9 Å². The molecule has 0 aliphatic heterocycles. The number of aromatic nitrogens is 2. The van der Waals surface area contributed by atoms with Crippen molar-refractivity contribution in [2.24, 2.45) is 0 Å². The summed E-state index contributed by atoms with van der Waals surface area (Å²) in [4.78, 5) is 17.8. The van der Waals surface area contributed by atoms with Gasteiger partial charge in [0.1, 0.15) is 5.75 Å². The van der Waals surface area contributed by atoms with Crippen LogP contribution in [0.15, 0.2) is 88.8 Å². The van der Waals surface area contributed by atoms with Gasteiger partial charge in [0.15, 0.2) is 5.16 Å². The van der Waals surface area contributed by atoms with E-state index in [0.29, 0.717) is 27.5 Å². The molecule has 8 heteroatoms. The van der Waals surface area contributed by atoms with Gasteiger partial charge in [0.25, 0.3) is 5.56 Å². The van der Waals surface area contributed by atoms with Gasteiger partial charge in [-0.05, 0) is 42.0 Å². The van der Waals surface area contributed by atoms with E-state index in [4.69, 9.17) is 0 Å². The molecule has 1 aromatic heterocycles. The maximum Gasteiger partial charge on any atom is 0.573 e. The lowest BCUT2D eigenvalue weighted by molar-refractivity contribution is -0.274. The summed E-state index contributed by atoms with van der Waals surface area (Å²) in [7, 11) is 0. The van der Waals surface area contributed by atoms with E-state index >= 15 is 0 Å². The Morgan fingerprint density at radius 1 is 0.900 bits per heavy atom. The Kier molecular flexibility index (Phi) is 5.50. The van der Waals surface area contributed by atoms with Crippen LogP contribution < -0.4 is 10.3 Å². The van der Waals surface area contributed by atoms with Gasteiger partial charge in [-0.15, -0.1) is 13.2 Å². The topological polar surface area (TPSA) is 44.1 Å². The minimum absolute atomic E-state index is 0.178. The Bertz CT molecular complexity index is 1220. The highest BCUT2D eigenvalue weighted by Gasteiger charge is 2.30. The Balaban J connectivity index is 1.66. The molecule has 0 spiro atoms. The van der Waals surface area contributed by atoms with Gasteiger partial charge in [-0.1, -0.05) is 54.2 Å². The van der Waals surface area contributed by atoms with Crippen molar-refractivity contribution in [3.05, 3.63) is 94.8 Å². The van der Waals surface area contributed by atoms with Crippen LogP contribution in [0.1, 0.15) is 5.56 Å². The Labute approximate surface area is 174 Å². The predicted octanol–water partition coefficient (Wildman–Crippen LogP) is 5.58. The number of hydrogen-bond donors (Lipinski definition) is 0. The minimum Gasteiger partial charge on any atom is -0.406 e. The van der Waals surface area contributed by atoms with E-state index in [0.717, 1.165) is 5.56 Å². The Morgan fingerprint density at radius 3 is 2.27 bits per heavy atom. The largest absolute Gasteiger partial charge is 0.573 e. The van der Waals surface area contributed by atoms with E-state index in [-0.39, 0.29) is 11.3 Å². The third-order valence-electron chi connectivity index (χ3n) is 4.28. The van der Waals surface area contributed by atoms with E-state index < -0.39 is 6.36 Å². The molecule has 0 radical (unpaired) electrons. The lowest BCUT2D eigenvalue weighted by Crippen LogP contribution is -2.21. The van der Waals surface area contributed by atoms with E-state index in [9.17, 15) is 18.0 Å². The summed E-state index contributed by atoms with van der Waals surface area (Å²) < 4.78 is 42.4. The van der Waals surface area contributed by atoms with Crippen LogP contribution in [0.2, 0.25) is 0 Å². The normalized spacial score (nSPS) is 11.6. The van der Waals surface area contributed by atoms with Crippen molar-refractivity contribution in [2.45, 2.75) is 17.3 Å². The number of fused-ring (bicyclic) bond motifs is 1. The molecule has 3 aromatic carbocycles. The average Bonchev–Trinajstić information content (AvgIpc) is 2.73. The molecule has 4 rings (SSSR count). The van der Waals surface area contributed by atoms with E-state index in [1.165, 1.54) is 23.9 Å². The number of benzene rings is 3. The second-order valence-corrected chi connectivity index (χ2v) is 7.31. The summed E-state index contributed by atoms with van der Waals surface area (Å²) in [5.41, 5.74) is 1.88. The number of thioether (sulfide) groups is 1. The minimum atomic E-state index is -4.73. The van der Waals surface area contributed by atoms with Crippen molar-refractivity contribution in [1.82, 2.24) is 9.55 Å². The quantitative estimate of drug-likeness (QED) is 0.308. The fourth-order valence-electron chi connectivity index (χ4n) is 2.95. The molecule has 0 amide bonds. The molecular formula is C22H15F3N2O2S. The number of alkyl halides is 3. The van der Waals surface area contributed by atoms with Crippen molar-refractivity contribution < 1.29 is 17.9 Å². The summed E-state index contributed by atoms with van der Waals surface area (Å²) in [5, 5.41) is 1.01. The number of para-hydroxylation sites is 2. The van der Waals surface area contributed by atoms with Gasteiger partial charge < -0.3 is 4.74 Å². The molecule has 0 saturated carbocycles. The van der Waals surface area contributed by atoms with Gasteiger partial charge in [-0.3, -0.25) is 9.36 Å². The third-order valence-corrected chi connectivity index (χ3v) is 5.29. The molecule has 0 N–H and O–H groups in total. The third kappa shape index (κ3) is 4.49. The summed E-state index contributed by atoms with van der Waals surface area (Å²) in [6.45, 7) is 0. The molecule has 30 heavy (non-hydrogen) atoms. The van der Waals surface area contributed by atoms with Crippen LogP contribution in [0.5, 0.6) is 5.75 Å². The highest BCUT2D eigenvalue weighted by molar-refractivity contribution is 7.98. The fraction of sp³-hybridized carbons (Fsp3) is 0.0909. The van der Waals surface area contributed by atoms with Gasteiger partial charge >= 0.3 is 6.36 Å². The zero-order valence-electron chi connectivity index (χ0n) is 15.5. The van der Waals surface area contributed by atoms with Crippen molar-refractivity contribution in [1.29, 1.82) is 0 Å². The summed E-state index contributed by atoms with van der Waals surface area (Å²) in [6, 6.07) is 21.9. The maximum absolute atomic E-state index is 13.1. The first-order valence-corrected chi connectivity index (χ1v) is 9.94. The molecule has 152 valence electrons. The van der Waals surface area contributed by atoms with Gasteiger partial charge in [-0.25, -0.2) is 4.98 Å². The van der Waals surface area contributed by atoms with Crippen molar-refractivity contribution in [3.63, 3.8) is 0 Å². The second-order valence-electron chi connectivity index (χ2n) is 6.37. The molecule has 0 bridgehead atoms. The zero-order valence-corrected chi connectivity index (χ0v) is 16.3. The molecule has 1 heterocycles. The lowest BCUT2D eigenvalue weighted by atomic mass is 10.2. The average molecular weight is 428 g/mol. The first kappa shape index (κ1) is 20.0. The van der Waals surface area contributed by atoms with E-state index in [1.54, 1.807) is 34.9 Å². The summed E-state index contributed by atoms with van der Waals surface area (Å²) in [5.74, 6) is 0.144. The van der Waals surface area contributed by atoms with Gasteiger partial charge in [0, 0.05) is 5.75 Å². The number of hydrogen-bond acceptors (Lipinski definition) is 4. The first-order chi connectivity index (χ1) is 14.4. The van der Waals surface area contributed by atoms with Crippen molar-refractivity contribution >= 4 is 22.7 Å². The Hall–Kier alpha value is -3.26. The fourth-order valence-corrected chi connectivity index (χ4v) is 3.92. The monoisotopic (exact) mass is 428 g/mol. The van der Waals surface area contributed by atoms with E-state index in [2.05, 4.69) is 9.72 Å². The number of halogens is 3. The molecule has 0 atom stereocenters. The van der Waals surface area contributed by atoms with Crippen molar-refractivity contribution in [2.75, 3.05) is 0 Å². The standard InChI is InChI=1S/C22H15F3N2O2S/c23-22(24,25)29-17-12-10-15(11-13-17)14-30-21-26-19-9-5-4-8-18(19)20(28)27(21)16-6-2-1-3-7-16/h1-13H,14H2. The van der Waals surface area contributed by atoms with Crippen LogP contribution in [0.4, 0.5) is 13.2 Å². The molecule has 0 fully saturated rings. The highest BCUT2D eigenvalue weighted by atomic mass is 32.2. The van der Waals surface area contributed by atoms with Crippen LogP contribution in [0, 0.1) is 0 Å². The lowest BCUT2D eigenvalue weighted by Gasteiger charge is -2.13. The SMILES string of the molecule is O=c1c2ccccc2nc(SCc2ccc(OC(F)(F)F)cc2)n1-c1ccccc1. The predicted molar refractivity (Wildman–Crippen MR) is 110 cm³/mol. The molecule has 0 aliphatic carbocycles. The molecule has 4 nitrogen and oxygen atoms in total.